The van der Waals surface area contributed by atoms with Crippen molar-refractivity contribution in [3.05, 3.63) is 80.8 Å². The molecule has 9 nitrogen and oxygen atoms in total. The van der Waals surface area contributed by atoms with Gasteiger partial charge in [-0.1, -0.05) is 18.2 Å². The summed E-state index contributed by atoms with van der Waals surface area (Å²) in [5, 5.41) is 5.05. The van der Waals surface area contributed by atoms with Gasteiger partial charge in [-0.3, -0.25) is 24.6 Å². The van der Waals surface area contributed by atoms with Crippen molar-refractivity contribution in [3.63, 3.8) is 0 Å². The van der Waals surface area contributed by atoms with Gasteiger partial charge in [0.1, 0.15) is 11.8 Å². The number of hydrogen-bond acceptors (Lipinski definition) is 7. The van der Waals surface area contributed by atoms with Gasteiger partial charge in [-0.25, -0.2) is 0 Å². The number of nitrogens with one attached hydrogen (secondary N) is 2. The Morgan fingerprint density at radius 3 is 2.21 bits per heavy atom. The normalized spacial score (nSPS) is 20.1. The molecule has 286 valence electrons. The zero-order valence-corrected chi connectivity index (χ0v) is 29.8. The van der Waals surface area contributed by atoms with E-state index >= 15 is 0 Å². The van der Waals surface area contributed by atoms with Crippen molar-refractivity contribution in [1.29, 1.82) is 0 Å². The van der Waals surface area contributed by atoms with E-state index in [1.54, 1.807) is 45.3 Å². The topological polar surface area (TPSA) is 95.9 Å². The van der Waals surface area contributed by atoms with E-state index in [0.717, 1.165) is 18.9 Å². The second kappa shape index (κ2) is 15.2. The Morgan fingerprint density at radius 2 is 1.57 bits per heavy atom. The first-order valence-electron chi connectivity index (χ1n) is 17.8. The molecule has 3 aliphatic rings. The third-order valence-corrected chi connectivity index (χ3v) is 10.9. The lowest BCUT2D eigenvalue weighted by Crippen LogP contribution is -2.47. The number of halogens is 6. The molecule has 3 saturated heterocycles. The average Bonchev–Trinajstić information content (AvgIpc) is 3.10. The fourth-order valence-corrected chi connectivity index (χ4v) is 7.88. The fraction of sp³-hybridized carbons (Fsp3) is 0.500. The van der Waals surface area contributed by atoms with Gasteiger partial charge in [-0.05, 0) is 113 Å². The van der Waals surface area contributed by atoms with Gasteiger partial charge >= 0.3 is 12.5 Å². The highest BCUT2D eigenvalue weighted by atomic mass is 19.4. The number of aromatic nitrogens is 1. The number of ether oxygens (including phenoxy) is 1. The molecular weight excluding hydrogens is 704 g/mol. The third kappa shape index (κ3) is 8.89. The highest BCUT2D eigenvalue weighted by Crippen LogP contribution is 2.41. The predicted molar refractivity (Wildman–Crippen MR) is 186 cm³/mol. The van der Waals surface area contributed by atoms with Crippen molar-refractivity contribution < 1.29 is 40.7 Å². The fourth-order valence-electron chi connectivity index (χ4n) is 7.88. The Labute approximate surface area is 303 Å². The maximum atomic E-state index is 14.3. The molecule has 0 radical (unpaired) electrons. The Kier molecular flexibility index (Phi) is 11.0. The lowest BCUT2D eigenvalue weighted by atomic mass is 9.85. The van der Waals surface area contributed by atoms with Gasteiger partial charge in [0.05, 0.1) is 5.56 Å². The number of anilines is 1. The Hall–Kier alpha value is -4.37. The number of pyridine rings is 1. The molecule has 15 heteroatoms. The molecule has 0 aliphatic carbocycles. The second-order valence-corrected chi connectivity index (χ2v) is 14.3. The van der Waals surface area contributed by atoms with Crippen molar-refractivity contribution in [2.24, 2.45) is 7.05 Å². The number of aryl methyl sites for hydroxylation is 1. The summed E-state index contributed by atoms with van der Waals surface area (Å²) in [6.07, 6.45) is -4.94. The van der Waals surface area contributed by atoms with Crippen LogP contribution in [0.25, 0.3) is 11.1 Å². The molecule has 53 heavy (non-hydrogen) atoms. The van der Waals surface area contributed by atoms with Crippen LogP contribution in [0, 0.1) is 13.8 Å². The zero-order chi connectivity index (χ0) is 38.2. The van der Waals surface area contributed by atoms with Gasteiger partial charge in [0.25, 0.3) is 5.56 Å². The van der Waals surface area contributed by atoms with Crippen LogP contribution in [0.2, 0.25) is 0 Å². The van der Waals surface area contributed by atoms with Crippen molar-refractivity contribution in [3.8, 4) is 16.9 Å². The van der Waals surface area contributed by atoms with Gasteiger partial charge in [0.2, 0.25) is 11.8 Å². The summed E-state index contributed by atoms with van der Waals surface area (Å²) in [6.45, 7) is 6.21. The number of hydrogen-bond donors (Lipinski definition) is 2. The lowest BCUT2D eigenvalue weighted by molar-refractivity contribution is -0.275. The maximum Gasteiger partial charge on any atom is 0.573 e. The SMILES string of the molecule is Cc1c(-c2ccc(CN3CCC(N4CCC(c5ccc(NC6CCC(=O)NC6=O)cc5C(F)(F)F)CC4)CC3)c(OC(F)(F)F)c2)cn(C)c(=O)c1C. The van der Waals surface area contributed by atoms with E-state index in [2.05, 4.69) is 25.2 Å². The molecule has 2 aromatic carbocycles. The number of alkyl halides is 6. The average molecular weight is 748 g/mol. The monoisotopic (exact) mass is 747 g/mol. The Bertz CT molecular complexity index is 1910. The highest BCUT2D eigenvalue weighted by molar-refractivity contribution is 6.01. The highest BCUT2D eigenvalue weighted by Gasteiger charge is 2.38. The molecule has 1 unspecified atom stereocenters. The van der Waals surface area contributed by atoms with E-state index in [-0.39, 0.29) is 53.9 Å². The minimum atomic E-state index is -4.89. The van der Waals surface area contributed by atoms with Gasteiger partial charge in [0.15, 0.2) is 0 Å². The van der Waals surface area contributed by atoms with E-state index in [4.69, 9.17) is 0 Å². The number of benzene rings is 2. The van der Waals surface area contributed by atoms with Gasteiger partial charge in [-0.2, -0.15) is 13.2 Å². The van der Waals surface area contributed by atoms with Gasteiger partial charge in [0, 0.05) is 54.6 Å². The molecular formula is C38H43F6N5O4. The summed E-state index contributed by atoms with van der Waals surface area (Å²) in [7, 11) is 1.60. The van der Waals surface area contributed by atoms with Crippen LogP contribution in [0.15, 0.2) is 47.4 Å². The van der Waals surface area contributed by atoms with Crippen LogP contribution in [0.4, 0.5) is 32.0 Å². The molecule has 0 saturated carbocycles. The van der Waals surface area contributed by atoms with Crippen LogP contribution < -0.4 is 20.9 Å². The first-order chi connectivity index (χ1) is 25.0. The predicted octanol–water partition coefficient (Wildman–Crippen LogP) is 6.65. The number of nitrogens with zero attached hydrogens (tertiary/aromatic N) is 3. The summed E-state index contributed by atoms with van der Waals surface area (Å²) in [4.78, 5) is 40.3. The molecule has 2 amide bonds. The van der Waals surface area contributed by atoms with Crippen LogP contribution in [0.1, 0.15) is 72.3 Å². The summed E-state index contributed by atoms with van der Waals surface area (Å²) in [5.74, 6) is -1.55. The minimum absolute atomic E-state index is 0.108. The smallest absolute Gasteiger partial charge is 0.405 e. The van der Waals surface area contributed by atoms with Crippen LogP contribution in [-0.4, -0.2) is 70.8 Å². The number of carbonyl (C=O) groups excluding carboxylic acids is 2. The number of rotatable bonds is 8. The largest absolute Gasteiger partial charge is 0.573 e. The van der Waals surface area contributed by atoms with Crippen molar-refractivity contribution >= 4 is 17.5 Å². The first-order valence-corrected chi connectivity index (χ1v) is 17.8. The van der Waals surface area contributed by atoms with Crippen LogP contribution in [0.3, 0.4) is 0 Å². The van der Waals surface area contributed by atoms with E-state index < -0.39 is 36.0 Å². The summed E-state index contributed by atoms with van der Waals surface area (Å²) in [6, 6.07) is 8.27. The van der Waals surface area contributed by atoms with Crippen molar-refractivity contribution in [1.82, 2.24) is 19.7 Å². The second-order valence-electron chi connectivity index (χ2n) is 14.3. The summed E-state index contributed by atoms with van der Waals surface area (Å²) >= 11 is 0. The number of piperidine rings is 3. The van der Waals surface area contributed by atoms with E-state index in [1.165, 1.54) is 16.7 Å². The van der Waals surface area contributed by atoms with Crippen LogP contribution in [-0.2, 0) is 29.4 Å². The molecule has 1 atom stereocenters. The number of carbonyl (C=O) groups is 2. The molecule has 1 aromatic heterocycles. The molecule has 2 N–H and O–H groups in total. The molecule has 3 aromatic rings. The van der Waals surface area contributed by atoms with Crippen molar-refractivity contribution in [2.75, 3.05) is 31.5 Å². The summed E-state index contributed by atoms with van der Waals surface area (Å²) < 4.78 is 89.3. The summed E-state index contributed by atoms with van der Waals surface area (Å²) in [5.41, 5.74) is 2.23. The van der Waals surface area contributed by atoms with E-state index in [9.17, 15) is 40.7 Å². The number of imide groups is 1. The zero-order valence-electron chi connectivity index (χ0n) is 29.8. The Morgan fingerprint density at radius 1 is 0.868 bits per heavy atom. The van der Waals surface area contributed by atoms with Gasteiger partial charge in [-0.15, -0.1) is 13.2 Å². The van der Waals surface area contributed by atoms with Crippen LogP contribution >= 0.6 is 0 Å². The minimum Gasteiger partial charge on any atom is -0.405 e. The lowest BCUT2D eigenvalue weighted by Gasteiger charge is -2.42. The Balaban J connectivity index is 1.07. The van der Waals surface area contributed by atoms with Crippen molar-refractivity contribution in [2.45, 2.75) is 89.5 Å². The number of amides is 2. The molecule has 3 fully saturated rings. The standard InChI is InChI=1S/C38H43F6N5O4/c1-22-23(2)36(52)47(3)21-30(22)25-4-5-26(33(18-25)53-38(42,43)44)20-48-14-12-28(13-15-48)49-16-10-24(11-17-49)29-7-6-27(19-31(29)37(39,40)41)45-32-8-9-34(50)46-35(32)51/h4-7,18-19,21,24,28,32,45H,8-17,20H2,1-3H3,(H,46,50,51). The first kappa shape index (κ1) is 38.4. The molecule has 6 rings (SSSR count). The van der Waals surface area contributed by atoms with E-state index in [1.807, 2.05) is 0 Å². The molecule has 4 heterocycles. The van der Waals surface area contributed by atoms with E-state index in [0.29, 0.717) is 66.8 Å². The maximum absolute atomic E-state index is 14.3. The van der Waals surface area contributed by atoms with Gasteiger partial charge < -0.3 is 19.5 Å². The molecule has 0 spiro atoms. The number of likely N-dealkylation sites (tertiary alicyclic amines) is 2. The third-order valence-electron chi connectivity index (χ3n) is 10.9. The molecule has 0 bridgehead atoms. The quantitative estimate of drug-likeness (QED) is 0.197. The van der Waals surface area contributed by atoms with Crippen LogP contribution in [0.5, 0.6) is 5.75 Å². The molecule has 3 aliphatic heterocycles.